The van der Waals surface area contributed by atoms with Crippen LogP contribution in [0.25, 0.3) is 0 Å². The van der Waals surface area contributed by atoms with E-state index in [9.17, 15) is 9.59 Å². The van der Waals surface area contributed by atoms with Crippen LogP contribution in [-0.4, -0.2) is 71.6 Å². The molecule has 19 heavy (non-hydrogen) atoms. The van der Waals surface area contributed by atoms with Crippen LogP contribution in [0.1, 0.15) is 10.5 Å². The summed E-state index contributed by atoms with van der Waals surface area (Å²) in [6.07, 6.45) is 0. The van der Waals surface area contributed by atoms with Crippen LogP contribution in [0.3, 0.4) is 0 Å². The summed E-state index contributed by atoms with van der Waals surface area (Å²) in [4.78, 5) is 27.4. The maximum Gasteiger partial charge on any atom is 0.322 e. The first-order chi connectivity index (χ1) is 9.11. The lowest BCUT2D eigenvalue weighted by Gasteiger charge is -2.32. The van der Waals surface area contributed by atoms with E-state index in [2.05, 4.69) is 25.1 Å². The van der Waals surface area contributed by atoms with Crippen molar-refractivity contribution in [2.45, 2.75) is 0 Å². The molecule has 1 aliphatic rings. The van der Waals surface area contributed by atoms with Crippen molar-refractivity contribution in [2.24, 2.45) is 0 Å². The first kappa shape index (κ1) is 13.7. The Balaban J connectivity index is 1.99. The first-order valence-electron chi connectivity index (χ1n) is 5.90. The zero-order valence-corrected chi connectivity index (χ0v) is 11.7. The summed E-state index contributed by atoms with van der Waals surface area (Å²) < 4.78 is 3.69. The van der Waals surface area contributed by atoms with Crippen LogP contribution in [0.15, 0.2) is 0 Å². The van der Waals surface area contributed by atoms with Crippen LogP contribution in [0.2, 0.25) is 0 Å². The fourth-order valence-corrected chi connectivity index (χ4v) is 2.28. The van der Waals surface area contributed by atoms with Crippen molar-refractivity contribution >= 4 is 28.5 Å². The number of rotatable bonds is 2. The Morgan fingerprint density at radius 2 is 1.95 bits per heavy atom. The van der Waals surface area contributed by atoms with Gasteiger partial charge < -0.3 is 15.1 Å². The van der Waals surface area contributed by atoms with Gasteiger partial charge in [0.2, 0.25) is 0 Å². The van der Waals surface area contributed by atoms with E-state index in [4.69, 9.17) is 0 Å². The minimum absolute atomic E-state index is 0.148. The van der Waals surface area contributed by atoms with Crippen molar-refractivity contribution in [3.63, 3.8) is 0 Å². The maximum atomic E-state index is 12.1. The van der Waals surface area contributed by atoms with Crippen molar-refractivity contribution < 1.29 is 9.59 Å². The highest BCUT2D eigenvalue weighted by atomic mass is 32.1. The zero-order valence-electron chi connectivity index (χ0n) is 10.8. The lowest BCUT2D eigenvalue weighted by Crippen LogP contribution is -2.48. The molecule has 0 unspecified atom stereocenters. The van der Waals surface area contributed by atoms with E-state index in [1.807, 2.05) is 7.05 Å². The Bertz CT molecular complexity index is 468. The third kappa shape index (κ3) is 3.18. The second-order valence-corrected chi connectivity index (χ2v) is 5.00. The SMILES string of the molecule is CNC(=O)c1nnsc1NC(=O)N1CCN(C)CC1. The molecule has 104 valence electrons. The Morgan fingerprint density at radius 3 is 2.58 bits per heavy atom. The van der Waals surface area contributed by atoms with Gasteiger partial charge in [-0.1, -0.05) is 4.49 Å². The largest absolute Gasteiger partial charge is 0.354 e. The summed E-state index contributed by atoms with van der Waals surface area (Å²) in [7, 11) is 3.53. The van der Waals surface area contributed by atoms with Gasteiger partial charge in [-0.05, 0) is 7.05 Å². The molecule has 1 fully saturated rings. The van der Waals surface area contributed by atoms with Crippen LogP contribution >= 0.6 is 11.5 Å². The third-order valence-corrected chi connectivity index (χ3v) is 3.58. The highest BCUT2D eigenvalue weighted by Crippen LogP contribution is 2.18. The van der Waals surface area contributed by atoms with Gasteiger partial charge in [-0.15, -0.1) is 5.10 Å². The summed E-state index contributed by atoms with van der Waals surface area (Å²) in [5.41, 5.74) is 0.148. The number of carbonyl (C=O) groups excluding carboxylic acids is 2. The van der Waals surface area contributed by atoms with Gasteiger partial charge in [0, 0.05) is 44.8 Å². The quantitative estimate of drug-likeness (QED) is 0.776. The lowest BCUT2D eigenvalue weighted by atomic mass is 10.3. The monoisotopic (exact) mass is 284 g/mol. The predicted octanol–water partition coefficient (Wildman–Crippen LogP) is -0.323. The molecule has 2 rings (SSSR count). The number of nitrogens with zero attached hydrogens (tertiary/aromatic N) is 4. The van der Waals surface area contributed by atoms with Crippen LogP contribution < -0.4 is 10.6 Å². The minimum atomic E-state index is -0.359. The highest BCUT2D eigenvalue weighted by Gasteiger charge is 2.22. The average Bonchev–Trinajstić information content (AvgIpc) is 2.86. The summed E-state index contributed by atoms with van der Waals surface area (Å²) in [6, 6.07) is -0.218. The molecule has 2 N–H and O–H groups in total. The average molecular weight is 284 g/mol. The van der Waals surface area contributed by atoms with Gasteiger partial charge in [-0.25, -0.2) is 4.79 Å². The second-order valence-electron chi connectivity index (χ2n) is 4.25. The number of urea groups is 1. The minimum Gasteiger partial charge on any atom is -0.354 e. The molecular weight excluding hydrogens is 268 g/mol. The summed E-state index contributed by atoms with van der Waals surface area (Å²) in [6.45, 7) is 3.03. The van der Waals surface area contributed by atoms with E-state index in [-0.39, 0.29) is 17.6 Å². The van der Waals surface area contributed by atoms with Gasteiger partial charge >= 0.3 is 6.03 Å². The van der Waals surface area contributed by atoms with Gasteiger partial charge in [0.25, 0.3) is 5.91 Å². The van der Waals surface area contributed by atoms with Gasteiger partial charge in [0.1, 0.15) is 0 Å². The third-order valence-electron chi connectivity index (χ3n) is 2.94. The molecule has 0 spiro atoms. The van der Waals surface area contributed by atoms with E-state index < -0.39 is 0 Å². The number of piperazine rings is 1. The number of nitrogens with one attached hydrogen (secondary N) is 2. The lowest BCUT2D eigenvalue weighted by molar-refractivity contribution is 0.0959. The smallest absolute Gasteiger partial charge is 0.322 e. The molecule has 0 aromatic carbocycles. The molecule has 1 aliphatic heterocycles. The normalized spacial score (nSPS) is 16.2. The summed E-state index contributed by atoms with van der Waals surface area (Å²) in [5, 5.41) is 9.24. The topological polar surface area (TPSA) is 90.5 Å². The van der Waals surface area contributed by atoms with Gasteiger partial charge in [0.05, 0.1) is 0 Å². The molecule has 0 saturated carbocycles. The molecule has 1 saturated heterocycles. The molecule has 0 bridgehead atoms. The van der Waals surface area contributed by atoms with Crippen molar-refractivity contribution in [1.29, 1.82) is 0 Å². The second kappa shape index (κ2) is 5.93. The number of anilines is 1. The molecule has 0 atom stereocenters. The fraction of sp³-hybridized carbons (Fsp3) is 0.600. The van der Waals surface area contributed by atoms with Crippen LogP contribution in [0.5, 0.6) is 0 Å². The first-order valence-corrected chi connectivity index (χ1v) is 6.68. The number of amides is 3. The van der Waals surface area contributed by atoms with Gasteiger partial charge in [0.15, 0.2) is 10.7 Å². The van der Waals surface area contributed by atoms with Crippen molar-refractivity contribution in [3.05, 3.63) is 5.69 Å². The molecule has 8 nitrogen and oxygen atoms in total. The van der Waals surface area contributed by atoms with E-state index in [1.165, 1.54) is 7.05 Å². The standard InChI is InChI=1S/C10H16N6O2S/c1-11-8(17)7-9(19-14-13-7)12-10(18)16-5-3-15(2)4-6-16/h3-6H2,1-2H3,(H,11,17)(H,12,18). The molecule has 0 radical (unpaired) electrons. The predicted molar refractivity (Wildman–Crippen MR) is 71.4 cm³/mol. The number of carbonyl (C=O) groups is 2. The molecular formula is C10H16N6O2S. The molecule has 3 amide bonds. The Morgan fingerprint density at radius 1 is 1.26 bits per heavy atom. The fourth-order valence-electron chi connectivity index (χ4n) is 1.73. The van der Waals surface area contributed by atoms with E-state index >= 15 is 0 Å². The highest BCUT2D eigenvalue weighted by molar-refractivity contribution is 7.10. The molecule has 0 aliphatic carbocycles. The molecule has 2 heterocycles. The summed E-state index contributed by atoms with van der Waals surface area (Å²) in [5.74, 6) is -0.359. The van der Waals surface area contributed by atoms with Gasteiger partial charge in [-0.3, -0.25) is 10.1 Å². The van der Waals surface area contributed by atoms with Crippen molar-refractivity contribution in [1.82, 2.24) is 24.7 Å². The molecule has 1 aromatic rings. The Kier molecular flexibility index (Phi) is 4.27. The molecule has 1 aromatic heterocycles. The van der Waals surface area contributed by atoms with Crippen LogP contribution in [0.4, 0.5) is 9.80 Å². The van der Waals surface area contributed by atoms with E-state index in [1.54, 1.807) is 4.90 Å². The maximum absolute atomic E-state index is 12.1. The Hall–Kier alpha value is -1.74. The van der Waals surface area contributed by atoms with E-state index in [0.29, 0.717) is 18.1 Å². The number of hydrogen-bond acceptors (Lipinski definition) is 6. The molecule has 9 heteroatoms. The summed E-state index contributed by atoms with van der Waals surface area (Å²) >= 11 is 0.995. The van der Waals surface area contributed by atoms with E-state index in [0.717, 1.165) is 24.6 Å². The Labute approximate surface area is 114 Å². The number of hydrogen-bond donors (Lipinski definition) is 2. The van der Waals surface area contributed by atoms with Crippen molar-refractivity contribution in [3.8, 4) is 0 Å². The number of likely N-dealkylation sites (N-methyl/N-ethyl adjacent to an activating group) is 1. The van der Waals surface area contributed by atoms with Gasteiger partial charge in [-0.2, -0.15) is 0 Å². The zero-order chi connectivity index (χ0) is 13.8. The van der Waals surface area contributed by atoms with Crippen LogP contribution in [0, 0.1) is 0 Å². The van der Waals surface area contributed by atoms with Crippen molar-refractivity contribution in [2.75, 3.05) is 45.6 Å². The van der Waals surface area contributed by atoms with Crippen LogP contribution in [-0.2, 0) is 0 Å². The number of aromatic nitrogens is 2.